The average Bonchev–Trinajstić information content (AvgIpc) is 2.90. The number of allylic oxidation sites excluding steroid dienone is 1. The number of sulfonamides is 1. The number of pyridine rings is 1. The van der Waals surface area contributed by atoms with E-state index in [1.54, 1.807) is 54.7 Å². The predicted molar refractivity (Wildman–Crippen MR) is 143 cm³/mol. The summed E-state index contributed by atoms with van der Waals surface area (Å²) in [6, 6.07) is 20.7. The van der Waals surface area contributed by atoms with Crippen LogP contribution < -0.4 is 4.72 Å². The highest BCUT2D eigenvalue weighted by Gasteiger charge is 2.24. The fraction of sp³-hybridized carbons (Fsp3) is 0.0690. The third-order valence-corrected chi connectivity index (χ3v) is 7.99. The Morgan fingerprint density at radius 1 is 0.889 bits per heavy atom. The molecule has 0 spiro atoms. The van der Waals surface area contributed by atoms with Gasteiger partial charge in [-0.15, -0.1) is 0 Å². The van der Waals surface area contributed by atoms with Gasteiger partial charge in [-0.1, -0.05) is 60.7 Å². The van der Waals surface area contributed by atoms with Gasteiger partial charge in [0.05, 0.1) is 11.2 Å². The van der Waals surface area contributed by atoms with Crippen LogP contribution in [0.4, 0.5) is 5.69 Å². The maximum Gasteiger partial charge on any atom is 0.264 e. The average molecular weight is 495 g/mol. The molecule has 0 aliphatic heterocycles. The minimum Gasteiger partial charge on any atom is -0.507 e. The molecular weight excluding hydrogens is 472 g/mol. The topological polar surface area (TPSA) is 99.5 Å². The van der Waals surface area contributed by atoms with Crippen molar-refractivity contribution in [3.8, 4) is 22.6 Å². The van der Waals surface area contributed by atoms with Gasteiger partial charge in [0.1, 0.15) is 16.4 Å². The summed E-state index contributed by atoms with van der Waals surface area (Å²) in [4.78, 5) is 4.35. The Bertz CT molecular complexity index is 1810. The second-order valence-corrected chi connectivity index (χ2v) is 10.4. The minimum atomic E-state index is -4.04. The maximum absolute atomic E-state index is 13.6. The first-order valence-corrected chi connectivity index (χ1v) is 13.1. The van der Waals surface area contributed by atoms with Gasteiger partial charge in [0.2, 0.25) is 0 Å². The molecule has 0 fully saturated rings. The van der Waals surface area contributed by atoms with Crippen LogP contribution in [0.2, 0.25) is 0 Å². The Hall–Kier alpha value is -4.36. The molecule has 0 unspecified atom stereocenters. The van der Waals surface area contributed by atoms with Crippen molar-refractivity contribution >= 4 is 43.5 Å². The number of nitrogens with zero attached hydrogens (tertiary/aromatic N) is 1. The summed E-state index contributed by atoms with van der Waals surface area (Å²) in [5.41, 5.74) is 3.36. The van der Waals surface area contributed by atoms with Gasteiger partial charge < -0.3 is 10.2 Å². The molecule has 0 atom stereocenters. The summed E-state index contributed by atoms with van der Waals surface area (Å²) >= 11 is 0. The smallest absolute Gasteiger partial charge is 0.264 e. The van der Waals surface area contributed by atoms with E-state index in [1.165, 1.54) is 6.07 Å². The van der Waals surface area contributed by atoms with Crippen molar-refractivity contribution in [3.05, 3.63) is 96.2 Å². The predicted octanol–water partition coefficient (Wildman–Crippen LogP) is 6.23. The zero-order valence-corrected chi connectivity index (χ0v) is 20.0. The van der Waals surface area contributed by atoms with E-state index in [0.29, 0.717) is 38.5 Å². The van der Waals surface area contributed by atoms with E-state index in [9.17, 15) is 18.6 Å². The van der Waals surface area contributed by atoms with E-state index in [0.717, 1.165) is 24.0 Å². The van der Waals surface area contributed by atoms with Crippen LogP contribution >= 0.6 is 0 Å². The molecule has 1 heterocycles. The summed E-state index contributed by atoms with van der Waals surface area (Å²) in [5.74, 6) is -0.0130. The lowest BCUT2D eigenvalue weighted by Crippen LogP contribution is -2.14. The largest absolute Gasteiger partial charge is 0.507 e. The van der Waals surface area contributed by atoms with Gasteiger partial charge in [0.25, 0.3) is 10.0 Å². The van der Waals surface area contributed by atoms with Crippen molar-refractivity contribution in [1.82, 2.24) is 4.98 Å². The van der Waals surface area contributed by atoms with E-state index in [-0.39, 0.29) is 16.4 Å². The van der Waals surface area contributed by atoms with Gasteiger partial charge in [-0.05, 0) is 48.2 Å². The molecule has 3 N–H and O–H groups in total. The number of anilines is 1. The number of benzene rings is 4. The number of hydrogen-bond acceptors (Lipinski definition) is 5. The first-order chi connectivity index (χ1) is 17.4. The Kier molecular flexibility index (Phi) is 5.16. The SMILES string of the molecule is O=S(=O)(Nc1cc(-c2c(O)ccc3c2C=CCC3)c(O)c2ccccc12)c1cccc2cccnc12. The molecule has 0 radical (unpaired) electrons. The summed E-state index contributed by atoms with van der Waals surface area (Å²) in [6.07, 6.45) is 7.24. The molecule has 36 heavy (non-hydrogen) atoms. The molecule has 1 aliphatic carbocycles. The highest BCUT2D eigenvalue weighted by atomic mass is 32.2. The molecule has 0 saturated heterocycles. The van der Waals surface area contributed by atoms with Crippen molar-refractivity contribution in [2.45, 2.75) is 17.7 Å². The Balaban J connectivity index is 1.58. The fourth-order valence-corrected chi connectivity index (χ4v) is 6.16. The molecule has 6 nitrogen and oxygen atoms in total. The normalized spacial score (nSPS) is 13.1. The Morgan fingerprint density at radius 2 is 1.69 bits per heavy atom. The van der Waals surface area contributed by atoms with Crippen LogP contribution in [0.3, 0.4) is 0 Å². The van der Waals surface area contributed by atoms with Crippen LogP contribution in [-0.2, 0) is 16.4 Å². The molecule has 178 valence electrons. The van der Waals surface area contributed by atoms with Crippen LogP contribution in [0.25, 0.3) is 38.9 Å². The number of aromatic nitrogens is 1. The lowest BCUT2D eigenvalue weighted by molar-refractivity contribution is 0.471. The van der Waals surface area contributed by atoms with E-state index >= 15 is 0 Å². The molecule has 0 bridgehead atoms. The van der Waals surface area contributed by atoms with Crippen LogP contribution in [0.15, 0.2) is 90.0 Å². The van der Waals surface area contributed by atoms with Crippen LogP contribution in [0.5, 0.6) is 11.5 Å². The minimum absolute atomic E-state index is 0.0120. The summed E-state index contributed by atoms with van der Waals surface area (Å²) in [5, 5.41) is 23.9. The summed E-state index contributed by atoms with van der Waals surface area (Å²) in [6.45, 7) is 0. The third-order valence-electron chi connectivity index (χ3n) is 6.59. The summed E-state index contributed by atoms with van der Waals surface area (Å²) in [7, 11) is -4.04. The second kappa shape index (κ2) is 8.39. The van der Waals surface area contributed by atoms with Gasteiger partial charge >= 0.3 is 0 Å². The lowest BCUT2D eigenvalue weighted by Gasteiger charge is -2.20. The number of aryl methyl sites for hydroxylation is 1. The van der Waals surface area contributed by atoms with Crippen LogP contribution in [0.1, 0.15) is 17.5 Å². The van der Waals surface area contributed by atoms with Gasteiger partial charge in [0, 0.05) is 33.5 Å². The molecule has 6 rings (SSSR count). The zero-order valence-electron chi connectivity index (χ0n) is 19.1. The number of hydrogen-bond donors (Lipinski definition) is 3. The van der Waals surface area contributed by atoms with Crippen molar-refractivity contribution < 1.29 is 18.6 Å². The second-order valence-electron chi connectivity index (χ2n) is 8.78. The van der Waals surface area contributed by atoms with Crippen molar-refractivity contribution in [2.24, 2.45) is 0 Å². The van der Waals surface area contributed by atoms with Crippen LogP contribution in [-0.4, -0.2) is 23.6 Å². The number of phenols is 2. The summed E-state index contributed by atoms with van der Waals surface area (Å²) < 4.78 is 30.0. The number of nitrogens with one attached hydrogen (secondary N) is 1. The highest BCUT2D eigenvalue weighted by molar-refractivity contribution is 7.93. The fourth-order valence-electron chi connectivity index (χ4n) is 4.91. The lowest BCUT2D eigenvalue weighted by atomic mass is 9.88. The number of phenolic OH excluding ortho intramolecular Hbond substituents is 2. The molecule has 1 aliphatic rings. The molecule has 5 aromatic rings. The monoisotopic (exact) mass is 494 g/mol. The van der Waals surface area contributed by atoms with E-state index in [4.69, 9.17) is 0 Å². The molecule has 0 saturated carbocycles. The number of aromatic hydroxyl groups is 2. The molecule has 4 aromatic carbocycles. The van der Waals surface area contributed by atoms with E-state index < -0.39 is 10.0 Å². The molecule has 0 amide bonds. The number of rotatable bonds is 4. The first-order valence-electron chi connectivity index (χ1n) is 11.6. The van der Waals surface area contributed by atoms with Gasteiger partial charge in [-0.25, -0.2) is 8.42 Å². The van der Waals surface area contributed by atoms with Crippen LogP contribution in [0, 0.1) is 0 Å². The van der Waals surface area contributed by atoms with Crippen molar-refractivity contribution in [3.63, 3.8) is 0 Å². The van der Waals surface area contributed by atoms with Gasteiger partial charge in [-0.2, -0.15) is 0 Å². The molecule has 1 aromatic heterocycles. The van der Waals surface area contributed by atoms with Crippen molar-refractivity contribution in [2.75, 3.05) is 4.72 Å². The van der Waals surface area contributed by atoms with Gasteiger partial charge in [0.15, 0.2) is 0 Å². The van der Waals surface area contributed by atoms with E-state index in [2.05, 4.69) is 9.71 Å². The zero-order chi connectivity index (χ0) is 24.9. The highest BCUT2D eigenvalue weighted by Crippen LogP contribution is 2.46. The standard InChI is InChI=1S/C29H22N2O4S/c32-25-15-14-18-7-1-2-10-20(18)27(25)23-17-24(21-11-3-4-12-22(21)29(23)33)31-36(34,35)26-13-5-8-19-9-6-16-30-28(19)26/h2-6,8-17,31-33H,1,7H2. The van der Waals surface area contributed by atoms with Crippen molar-refractivity contribution in [1.29, 1.82) is 0 Å². The molecular formula is C29H22N2O4S. The number of para-hydroxylation sites is 1. The maximum atomic E-state index is 13.6. The first kappa shape index (κ1) is 22.1. The third kappa shape index (κ3) is 3.56. The number of fused-ring (bicyclic) bond motifs is 3. The Morgan fingerprint density at radius 3 is 2.56 bits per heavy atom. The quantitative estimate of drug-likeness (QED) is 0.257. The Labute approximate surface area is 208 Å². The molecule has 7 heteroatoms. The van der Waals surface area contributed by atoms with Gasteiger partial charge in [-0.3, -0.25) is 9.71 Å². The van der Waals surface area contributed by atoms with E-state index in [1.807, 2.05) is 30.4 Å².